The van der Waals surface area contributed by atoms with Gasteiger partial charge in [-0.2, -0.15) is 0 Å². The molecule has 36 heavy (non-hydrogen) atoms. The third-order valence-electron chi connectivity index (χ3n) is 6.93. The molecule has 3 N–H and O–H groups in total. The molecule has 2 amide bonds. The number of allylic oxidation sites excluding steroid dienone is 1. The first kappa shape index (κ1) is 24.5. The highest BCUT2D eigenvalue weighted by molar-refractivity contribution is 8.03. The SMILES string of the molecule is Cc1nc2ccccc2n1CC1=CSC(C)(CNC(=O)[C@H](O)[C@@H](O)C(=O)N2Cc3ccccc3C2)C1. The minimum atomic E-state index is -1.83. The quantitative estimate of drug-likeness (QED) is 0.455. The van der Waals surface area contributed by atoms with Crippen molar-refractivity contribution in [3.8, 4) is 0 Å². The fraction of sp³-hybridized carbons (Fsp3) is 0.370. The highest BCUT2D eigenvalue weighted by Crippen LogP contribution is 2.41. The van der Waals surface area contributed by atoms with E-state index in [9.17, 15) is 19.8 Å². The standard InChI is InChI=1S/C27H30N4O4S/c1-17-29-21-9-5-6-10-22(21)31(17)12-18-11-27(2,36-15-18)16-28-25(34)23(32)24(33)26(35)30-13-19-7-3-4-8-20(19)14-30/h3-10,15,23-24,32-33H,11-14,16H2,1-2H3,(H,28,34)/t23-,24-,27?/m1/s1. The maximum absolute atomic E-state index is 12.7. The first-order valence-corrected chi connectivity index (χ1v) is 12.9. The number of rotatable bonds is 7. The number of carbonyl (C=O) groups is 2. The molecule has 0 bridgehead atoms. The average molecular weight is 507 g/mol. The topological polar surface area (TPSA) is 108 Å². The molecule has 1 unspecified atom stereocenters. The van der Waals surface area contributed by atoms with Crippen molar-refractivity contribution in [1.82, 2.24) is 19.8 Å². The van der Waals surface area contributed by atoms with Crippen LogP contribution in [0.5, 0.6) is 0 Å². The number of hydrogen-bond acceptors (Lipinski definition) is 6. The van der Waals surface area contributed by atoms with Crippen LogP contribution in [-0.4, -0.2) is 60.0 Å². The summed E-state index contributed by atoms with van der Waals surface area (Å²) < 4.78 is 1.90. The molecular weight excluding hydrogens is 476 g/mol. The fourth-order valence-corrected chi connectivity index (χ4v) is 5.95. The number of benzene rings is 2. The molecule has 1 aromatic heterocycles. The normalized spacial score (nSPS) is 20.8. The number of amides is 2. The number of hydrogen-bond donors (Lipinski definition) is 3. The van der Waals surface area contributed by atoms with Gasteiger partial charge in [0.2, 0.25) is 0 Å². The third kappa shape index (κ3) is 4.78. The zero-order chi connectivity index (χ0) is 25.4. The van der Waals surface area contributed by atoms with Crippen LogP contribution in [-0.2, 0) is 29.2 Å². The van der Waals surface area contributed by atoms with Crippen LogP contribution in [0.4, 0.5) is 0 Å². The van der Waals surface area contributed by atoms with Gasteiger partial charge in [0.1, 0.15) is 5.82 Å². The van der Waals surface area contributed by atoms with Gasteiger partial charge in [0.15, 0.2) is 12.2 Å². The van der Waals surface area contributed by atoms with Crippen molar-refractivity contribution in [2.75, 3.05) is 6.54 Å². The lowest BCUT2D eigenvalue weighted by Gasteiger charge is -2.26. The molecule has 9 heteroatoms. The van der Waals surface area contributed by atoms with Gasteiger partial charge < -0.3 is 25.0 Å². The van der Waals surface area contributed by atoms with Crippen molar-refractivity contribution in [2.45, 2.75) is 56.9 Å². The maximum atomic E-state index is 12.7. The Morgan fingerprint density at radius 1 is 1.08 bits per heavy atom. The Morgan fingerprint density at radius 3 is 2.47 bits per heavy atom. The number of carbonyl (C=O) groups excluding carboxylic acids is 2. The number of para-hydroxylation sites is 2. The van der Waals surface area contributed by atoms with E-state index in [0.717, 1.165) is 41.0 Å². The molecule has 188 valence electrons. The molecule has 8 nitrogen and oxygen atoms in total. The van der Waals surface area contributed by atoms with Gasteiger partial charge in [-0.05, 0) is 54.5 Å². The van der Waals surface area contributed by atoms with E-state index in [1.54, 1.807) is 11.8 Å². The predicted octanol–water partition coefficient (Wildman–Crippen LogP) is 2.50. The van der Waals surface area contributed by atoms with E-state index in [4.69, 9.17) is 0 Å². The summed E-state index contributed by atoms with van der Waals surface area (Å²) in [6.07, 6.45) is -2.88. The molecule has 2 aromatic carbocycles. The number of imidazole rings is 1. The second kappa shape index (κ2) is 9.72. The van der Waals surface area contributed by atoms with Gasteiger partial charge in [-0.3, -0.25) is 9.59 Å². The highest BCUT2D eigenvalue weighted by Gasteiger charge is 2.37. The van der Waals surface area contributed by atoms with Crippen LogP contribution < -0.4 is 5.32 Å². The van der Waals surface area contributed by atoms with Crippen LogP contribution in [0, 0.1) is 6.92 Å². The van der Waals surface area contributed by atoms with E-state index >= 15 is 0 Å². The third-order valence-corrected chi connectivity index (χ3v) is 8.24. The molecule has 0 spiro atoms. The summed E-state index contributed by atoms with van der Waals surface area (Å²) in [6, 6.07) is 15.7. The van der Waals surface area contributed by atoms with E-state index in [1.165, 1.54) is 10.5 Å². The lowest BCUT2D eigenvalue weighted by atomic mass is 10.0. The summed E-state index contributed by atoms with van der Waals surface area (Å²) >= 11 is 1.64. The Balaban J connectivity index is 1.14. The van der Waals surface area contributed by atoms with Crippen molar-refractivity contribution in [3.05, 3.63) is 76.5 Å². The molecule has 0 saturated heterocycles. The zero-order valence-corrected chi connectivity index (χ0v) is 21.2. The Morgan fingerprint density at radius 2 is 1.75 bits per heavy atom. The van der Waals surface area contributed by atoms with Gasteiger partial charge in [0, 0.05) is 30.9 Å². The van der Waals surface area contributed by atoms with E-state index in [0.29, 0.717) is 19.6 Å². The molecule has 5 rings (SSSR count). The molecule has 2 aliphatic rings. The average Bonchev–Trinajstić information content (AvgIpc) is 3.57. The Bertz CT molecular complexity index is 1330. The van der Waals surface area contributed by atoms with Crippen LogP contribution >= 0.6 is 11.8 Å². The van der Waals surface area contributed by atoms with Gasteiger partial charge in [-0.15, -0.1) is 11.8 Å². The zero-order valence-electron chi connectivity index (χ0n) is 20.3. The molecule has 3 aromatic rings. The number of thioether (sulfide) groups is 1. The summed E-state index contributed by atoms with van der Waals surface area (Å²) in [7, 11) is 0. The van der Waals surface area contributed by atoms with Crippen molar-refractivity contribution in [1.29, 1.82) is 0 Å². The van der Waals surface area contributed by atoms with Gasteiger partial charge in [-0.25, -0.2) is 4.98 Å². The lowest BCUT2D eigenvalue weighted by molar-refractivity contribution is -0.153. The lowest BCUT2D eigenvalue weighted by Crippen LogP contribution is -2.51. The van der Waals surface area contributed by atoms with Crippen molar-refractivity contribution in [2.24, 2.45) is 0 Å². The first-order valence-electron chi connectivity index (χ1n) is 12.0. The monoisotopic (exact) mass is 506 g/mol. The molecule has 0 saturated carbocycles. The Kier molecular flexibility index (Phi) is 6.63. The second-order valence-corrected chi connectivity index (χ2v) is 11.3. The number of nitrogens with zero attached hydrogens (tertiary/aromatic N) is 3. The molecule has 3 heterocycles. The van der Waals surface area contributed by atoms with Crippen LogP contribution in [0.25, 0.3) is 11.0 Å². The van der Waals surface area contributed by atoms with Crippen molar-refractivity contribution >= 4 is 34.6 Å². The summed E-state index contributed by atoms with van der Waals surface area (Å²) in [5.41, 5.74) is 5.30. The molecule has 0 aliphatic carbocycles. The smallest absolute Gasteiger partial charge is 0.255 e. The van der Waals surface area contributed by atoms with Crippen LogP contribution in [0.2, 0.25) is 0 Å². The number of aliphatic hydroxyl groups is 2. The van der Waals surface area contributed by atoms with Gasteiger partial charge in [0.25, 0.3) is 11.8 Å². The largest absolute Gasteiger partial charge is 0.380 e. The molecule has 0 radical (unpaired) electrons. The number of aromatic nitrogens is 2. The number of aryl methyl sites for hydroxylation is 1. The van der Waals surface area contributed by atoms with Crippen molar-refractivity contribution < 1.29 is 19.8 Å². The van der Waals surface area contributed by atoms with Crippen LogP contribution in [0.1, 0.15) is 30.3 Å². The number of aliphatic hydroxyl groups excluding tert-OH is 2. The minimum Gasteiger partial charge on any atom is -0.380 e. The van der Waals surface area contributed by atoms with Crippen LogP contribution in [0.15, 0.2) is 59.5 Å². The molecule has 3 atom stereocenters. The number of fused-ring (bicyclic) bond motifs is 2. The highest BCUT2D eigenvalue weighted by atomic mass is 32.2. The van der Waals surface area contributed by atoms with Gasteiger partial charge in [0.05, 0.1) is 11.0 Å². The Labute approximate surface area is 214 Å². The molecular formula is C27H30N4O4S. The van der Waals surface area contributed by atoms with Gasteiger partial charge in [-0.1, -0.05) is 36.4 Å². The minimum absolute atomic E-state index is 0.291. The fourth-order valence-electron chi connectivity index (χ4n) is 4.92. The summed E-state index contributed by atoms with van der Waals surface area (Å²) in [5, 5.41) is 25.7. The summed E-state index contributed by atoms with van der Waals surface area (Å²) in [6.45, 7) is 5.78. The predicted molar refractivity (Wildman–Crippen MR) is 139 cm³/mol. The Hall–Kier alpha value is -3.14. The van der Waals surface area contributed by atoms with E-state index in [1.807, 2.05) is 49.4 Å². The molecule has 2 aliphatic heterocycles. The summed E-state index contributed by atoms with van der Waals surface area (Å²) in [5.74, 6) is -0.451. The molecule has 0 fully saturated rings. The van der Waals surface area contributed by atoms with Gasteiger partial charge >= 0.3 is 0 Å². The van der Waals surface area contributed by atoms with Crippen LogP contribution in [0.3, 0.4) is 0 Å². The number of nitrogens with one attached hydrogen (secondary N) is 1. The van der Waals surface area contributed by atoms with E-state index < -0.39 is 24.0 Å². The van der Waals surface area contributed by atoms with Crippen molar-refractivity contribution in [3.63, 3.8) is 0 Å². The maximum Gasteiger partial charge on any atom is 0.255 e. The van der Waals surface area contributed by atoms with E-state index in [2.05, 4.69) is 33.3 Å². The summed E-state index contributed by atoms with van der Waals surface area (Å²) in [4.78, 5) is 31.4. The first-order chi connectivity index (χ1) is 17.2. The van der Waals surface area contributed by atoms with E-state index in [-0.39, 0.29) is 4.75 Å². The second-order valence-electron chi connectivity index (χ2n) is 9.82.